The molecular formula is C10H12Br2ClNOS. The SMILES string of the molecule is CC(C)(C)NC(=O)C(Cl)c1cc(Br)c(Br)s1. The first-order valence-corrected chi connectivity index (χ1v) is 7.45. The molecule has 0 radical (unpaired) electrons. The van der Waals surface area contributed by atoms with Gasteiger partial charge in [-0.15, -0.1) is 22.9 Å². The second-order valence-electron chi connectivity index (χ2n) is 4.37. The third-order valence-corrected chi connectivity index (χ3v) is 5.53. The van der Waals surface area contributed by atoms with Crippen molar-refractivity contribution in [2.75, 3.05) is 0 Å². The number of halogens is 3. The van der Waals surface area contributed by atoms with Crippen LogP contribution in [-0.4, -0.2) is 11.4 Å². The van der Waals surface area contributed by atoms with Crippen molar-refractivity contribution in [2.24, 2.45) is 0 Å². The van der Waals surface area contributed by atoms with E-state index in [9.17, 15) is 4.79 Å². The van der Waals surface area contributed by atoms with Crippen LogP contribution in [0.15, 0.2) is 14.3 Å². The van der Waals surface area contributed by atoms with Gasteiger partial charge in [-0.25, -0.2) is 0 Å². The summed E-state index contributed by atoms with van der Waals surface area (Å²) in [5.74, 6) is -0.171. The Kier molecular flexibility index (Phi) is 4.87. The third kappa shape index (κ3) is 4.02. The van der Waals surface area contributed by atoms with E-state index in [1.807, 2.05) is 26.8 Å². The molecule has 1 N–H and O–H groups in total. The lowest BCUT2D eigenvalue weighted by atomic mass is 10.1. The van der Waals surface area contributed by atoms with Gasteiger partial charge in [-0.2, -0.15) is 0 Å². The molecule has 0 fully saturated rings. The van der Waals surface area contributed by atoms with Crippen molar-refractivity contribution in [3.63, 3.8) is 0 Å². The molecule has 2 nitrogen and oxygen atoms in total. The Morgan fingerprint density at radius 2 is 2.06 bits per heavy atom. The van der Waals surface area contributed by atoms with Crippen molar-refractivity contribution in [3.8, 4) is 0 Å². The number of thiophene rings is 1. The summed E-state index contributed by atoms with van der Waals surface area (Å²) in [7, 11) is 0. The number of carbonyl (C=O) groups is 1. The van der Waals surface area contributed by atoms with Crippen LogP contribution in [-0.2, 0) is 4.79 Å². The van der Waals surface area contributed by atoms with Crippen molar-refractivity contribution in [1.29, 1.82) is 0 Å². The van der Waals surface area contributed by atoms with E-state index >= 15 is 0 Å². The van der Waals surface area contributed by atoms with E-state index < -0.39 is 5.38 Å². The fourth-order valence-electron chi connectivity index (χ4n) is 1.05. The number of rotatable bonds is 2. The smallest absolute Gasteiger partial charge is 0.243 e. The lowest BCUT2D eigenvalue weighted by Crippen LogP contribution is -2.42. The first kappa shape index (κ1) is 14.5. The zero-order chi connectivity index (χ0) is 12.5. The highest BCUT2D eigenvalue weighted by Crippen LogP contribution is 2.37. The van der Waals surface area contributed by atoms with Gasteiger partial charge in [0.15, 0.2) is 0 Å². The highest BCUT2D eigenvalue weighted by Gasteiger charge is 2.24. The Morgan fingerprint density at radius 3 is 2.44 bits per heavy atom. The Bertz CT molecular complexity index is 381. The lowest BCUT2D eigenvalue weighted by Gasteiger charge is -2.22. The average molecular weight is 390 g/mol. The normalized spacial score (nSPS) is 13.6. The maximum absolute atomic E-state index is 11.8. The van der Waals surface area contributed by atoms with Gasteiger partial charge >= 0.3 is 0 Å². The molecule has 0 bridgehead atoms. The summed E-state index contributed by atoms with van der Waals surface area (Å²) in [6.45, 7) is 5.78. The van der Waals surface area contributed by atoms with Gasteiger partial charge in [-0.3, -0.25) is 4.79 Å². The van der Waals surface area contributed by atoms with E-state index in [0.717, 1.165) is 13.1 Å². The van der Waals surface area contributed by atoms with Crippen LogP contribution < -0.4 is 5.32 Å². The Balaban J connectivity index is 2.78. The molecule has 0 saturated carbocycles. The fraction of sp³-hybridized carbons (Fsp3) is 0.500. The first-order valence-electron chi connectivity index (χ1n) is 4.61. The molecule has 90 valence electrons. The summed E-state index contributed by atoms with van der Waals surface area (Å²) in [5, 5.41) is 2.20. The third-order valence-electron chi connectivity index (χ3n) is 1.64. The molecular weight excluding hydrogens is 377 g/mol. The molecule has 1 aromatic rings. The molecule has 0 aromatic carbocycles. The molecule has 0 spiro atoms. The Hall–Kier alpha value is 0.420. The zero-order valence-electron chi connectivity index (χ0n) is 9.11. The molecule has 1 atom stereocenters. The van der Waals surface area contributed by atoms with Crippen LogP contribution in [0, 0.1) is 0 Å². The topological polar surface area (TPSA) is 29.1 Å². The highest BCUT2D eigenvalue weighted by atomic mass is 79.9. The Labute approximate surface area is 121 Å². The quantitative estimate of drug-likeness (QED) is 0.743. The summed E-state index contributed by atoms with van der Waals surface area (Å²) >= 11 is 14.3. The molecule has 1 unspecified atom stereocenters. The van der Waals surface area contributed by atoms with Crippen molar-refractivity contribution >= 4 is 60.7 Å². The molecule has 16 heavy (non-hydrogen) atoms. The minimum atomic E-state index is -0.646. The van der Waals surface area contributed by atoms with Crippen LogP contribution in [0.25, 0.3) is 0 Å². The number of hydrogen-bond acceptors (Lipinski definition) is 2. The first-order chi connectivity index (χ1) is 7.20. The van der Waals surface area contributed by atoms with Gasteiger partial charge in [0.2, 0.25) is 5.91 Å². The van der Waals surface area contributed by atoms with E-state index in [0.29, 0.717) is 0 Å². The summed E-state index contributed by atoms with van der Waals surface area (Å²) in [6, 6.07) is 1.86. The molecule has 0 aliphatic rings. The average Bonchev–Trinajstić information content (AvgIpc) is 2.43. The predicted octanol–water partition coefficient (Wildman–Crippen LogP) is 4.47. The van der Waals surface area contributed by atoms with Crippen molar-refractivity contribution < 1.29 is 4.79 Å². The standard InChI is InChI=1S/C10H12Br2ClNOS/c1-10(2,3)14-9(15)7(13)6-4-5(11)8(12)16-6/h4,7H,1-3H3,(H,14,15). The van der Waals surface area contributed by atoms with Crippen molar-refractivity contribution in [1.82, 2.24) is 5.32 Å². The van der Waals surface area contributed by atoms with E-state index in [4.69, 9.17) is 11.6 Å². The van der Waals surface area contributed by atoms with E-state index in [1.54, 1.807) is 0 Å². The van der Waals surface area contributed by atoms with Gasteiger partial charge in [-0.05, 0) is 58.7 Å². The Morgan fingerprint density at radius 1 is 1.50 bits per heavy atom. The van der Waals surface area contributed by atoms with Gasteiger partial charge in [-0.1, -0.05) is 0 Å². The molecule has 1 amide bonds. The molecule has 1 aromatic heterocycles. The number of carbonyl (C=O) groups excluding carboxylic acids is 1. The van der Waals surface area contributed by atoms with Gasteiger partial charge in [0.05, 0.1) is 3.79 Å². The van der Waals surface area contributed by atoms with Crippen molar-refractivity contribution in [3.05, 3.63) is 19.2 Å². The summed E-state index contributed by atoms with van der Waals surface area (Å²) in [4.78, 5) is 12.6. The maximum Gasteiger partial charge on any atom is 0.243 e. The molecule has 0 aliphatic carbocycles. The van der Waals surface area contributed by atoms with E-state index in [-0.39, 0.29) is 11.4 Å². The summed E-state index contributed by atoms with van der Waals surface area (Å²) in [6.07, 6.45) is 0. The number of hydrogen-bond donors (Lipinski definition) is 1. The van der Waals surface area contributed by atoms with Gasteiger partial charge in [0.25, 0.3) is 0 Å². The minimum Gasteiger partial charge on any atom is -0.350 e. The molecule has 6 heteroatoms. The second kappa shape index (κ2) is 5.38. The van der Waals surface area contributed by atoms with Crippen LogP contribution >= 0.6 is 54.8 Å². The molecule has 0 aliphatic heterocycles. The highest BCUT2D eigenvalue weighted by molar-refractivity contribution is 9.13. The van der Waals surface area contributed by atoms with E-state index in [1.165, 1.54) is 11.3 Å². The maximum atomic E-state index is 11.8. The number of nitrogens with one attached hydrogen (secondary N) is 1. The fourth-order valence-corrected chi connectivity index (χ4v) is 3.37. The predicted molar refractivity (Wildman–Crippen MR) is 76.2 cm³/mol. The number of alkyl halides is 1. The minimum absolute atomic E-state index is 0.171. The monoisotopic (exact) mass is 387 g/mol. The summed E-state index contributed by atoms with van der Waals surface area (Å²) in [5.41, 5.74) is -0.268. The van der Waals surface area contributed by atoms with Crippen LogP contribution in [0.5, 0.6) is 0 Å². The second-order valence-corrected chi connectivity index (χ2v) is 8.06. The molecule has 0 saturated heterocycles. The van der Waals surface area contributed by atoms with Gasteiger partial charge in [0, 0.05) is 14.9 Å². The van der Waals surface area contributed by atoms with Crippen LogP contribution in [0.2, 0.25) is 0 Å². The van der Waals surface area contributed by atoms with Gasteiger partial charge < -0.3 is 5.32 Å². The van der Waals surface area contributed by atoms with Crippen LogP contribution in [0.4, 0.5) is 0 Å². The van der Waals surface area contributed by atoms with Crippen LogP contribution in [0.3, 0.4) is 0 Å². The summed E-state index contributed by atoms with van der Waals surface area (Å²) < 4.78 is 1.86. The molecule has 1 rings (SSSR count). The zero-order valence-corrected chi connectivity index (χ0v) is 13.8. The van der Waals surface area contributed by atoms with E-state index in [2.05, 4.69) is 37.2 Å². The lowest BCUT2D eigenvalue weighted by molar-refractivity contribution is -0.122. The van der Waals surface area contributed by atoms with Crippen molar-refractivity contribution in [2.45, 2.75) is 31.7 Å². The molecule has 1 heterocycles. The van der Waals surface area contributed by atoms with Gasteiger partial charge in [0.1, 0.15) is 5.38 Å². The largest absolute Gasteiger partial charge is 0.350 e. The number of amides is 1. The van der Waals surface area contributed by atoms with Crippen LogP contribution in [0.1, 0.15) is 31.0 Å².